The van der Waals surface area contributed by atoms with E-state index in [0.29, 0.717) is 19.1 Å². The summed E-state index contributed by atoms with van der Waals surface area (Å²) in [5.41, 5.74) is 4.59. The first-order valence-corrected chi connectivity index (χ1v) is 10.4. The number of likely N-dealkylation sites (N-methyl/N-ethyl adjacent to an activating group) is 1. The van der Waals surface area contributed by atoms with Crippen molar-refractivity contribution in [2.24, 2.45) is 7.05 Å². The Morgan fingerprint density at radius 3 is 2.56 bits per heavy atom. The Hall–Kier alpha value is -1.86. The lowest BCUT2D eigenvalue weighted by Gasteiger charge is -2.28. The van der Waals surface area contributed by atoms with Gasteiger partial charge in [0.1, 0.15) is 0 Å². The van der Waals surface area contributed by atoms with E-state index < -0.39 is 0 Å². The van der Waals surface area contributed by atoms with Crippen LogP contribution in [0.2, 0.25) is 0 Å². The van der Waals surface area contributed by atoms with Crippen molar-refractivity contribution in [3.63, 3.8) is 0 Å². The molecule has 148 valence electrons. The molecule has 2 aromatic heterocycles. The maximum Gasteiger partial charge on any atom is 0.318 e. The molecule has 0 radical (unpaired) electrons. The van der Waals surface area contributed by atoms with E-state index in [4.69, 9.17) is 0 Å². The van der Waals surface area contributed by atoms with Crippen LogP contribution < -0.4 is 5.32 Å². The lowest BCUT2D eigenvalue weighted by atomic mass is 10.1. The second kappa shape index (κ2) is 8.02. The maximum absolute atomic E-state index is 13.0. The highest BCUT2D eigenvalue weighted by Crippen LogP contribution is 2.30. The number of nitrogens with one attached hydrogen (secondary N) is 1. The molecule has 0 aromatic carbocycles. The van der Waals surface area contributed by atoms with E-state index in [1.54, 1.807) is 11.3 Å². The van der Waals surface area contributed by atoms with Crippen LogP contribution >= 0.6 is 11.3 Å². The van der Waals surface area contributed by atoms with Gasteiger partial charge in [0, 0.05) is 35.8 Å². The van der Waals surface area contributed by atoms with Gasteiger partial charge in [0.05, 0.1) is 18.3 Å². The first-order valence-electron chi connectivity index (χ1n) is 9.53. The number of hydrogen-bond donors (Lipinski definition) is 1. The van der Waals surface area contributed by atoms with Crippen LogP contribution in [0.25, 0.3) is 0 Å². The van der Waals surface area contributed by atoms with Crippen LogP contribution in [0.3, 0.4) is 0 Å². The van der Waals surface area contributed by atoms with Crippen LogP contribution in [0, 0.1) is 20.8 Å². The summed E-state index contributed by atoms with van der Waals surface area (Å²) in [6.45, 7) is 7.47. The Balaban J connectivity index is 1.69. The van der Waals surface area contributed by atoms with E-state index in [2.05, 4.69) is 54.7 Å². The minimum atomic E-state index is 0.0289. The number of rotatable bonds is 7. The zero-order chi connectivity index (χ0) is 19.7. The summed E-state index contributed by atoms with van der Waals surface area (Å²) in [5, 5.41) is 9.81. The quantitative estimate of drug-likeness (QED) is 0.790. The van der Waals surface area contributed by atoms with Crippen LogP contribution in [0.5, 0.6) is 0 Å². The Morgan fingerprint density at radius 2 is 2.07 bits per heavy atom. The molecule has 1 saturated carbocycles. The molecule has 0 aliphatic heterocycles. The molecular weight excluding hydrogens is 358 g/mol. The second-order valence-electron chi connectivity index (χ2n) is 7.77. The average molecular weight is 390 g/mol. The highest BCUT2D eigenvalue weighted by Gasteiger charge is 2.34. The zero-order valence-electron chi connectivity index (χ0n) is 17.2. The smallest absolute Gasteiger partial charge is 0.318 e. The average Bonchev–Trinajstić information content (AvgIpc) is 3.31. The van der Waals surface area contributed by atoms with E-state index in [-0.39, 0.29) is 12.1 Å². The van der Waals surface area contributed by atoms with Gasteiger partial charge < -0.3 is 15.1 Å². The largest absolute Gasteiger partial charge is 0.336 e. The van der Waals surface area contributed by atoms with E-state index in [0.717, 1.165) is 29.8 Å². The summed E-state index contributed by atoms with van der Waals surface area (Å²) in [6, 6.07) is 2.71. The van der Waals surface area contributed by atoms with Gasteiger partial charge in [-0.3, -0.25) is 4.68 Å². The molecule has 6 nitrogen and oxygen atoms in total. The van der Waals surface area contributed by atoms with Crippen LogP contribution in [-0.2, 0) is 13.6 Å². The minimum Gasteiger partial charge on any atom is -0.336 e. The first kappa shape index (κ1) is 19.9. The predicted molar refractivity (Wildman–Crippen MR) is 110 cm³/mol. The molecule has 2 aromatic rings. The predicted octanol–water partition coefficient (Wildman–Crippen LogP) is 3.38. The molecule has 1 aliphatic carbocycles. The number of hydrogen-bond acceptors (Lipinski definition) is 4. The van der Waals surface area contributed by atoms with Gasteiger partial charge in [-0.05, 0) is 64.7 Å². The number of aryl methyl sites for hydroxylation is 3. The van der Waals surface area contributed by atoms with Gasteiger partial charge in [0.15, 0.2) is 0 Å². The molecule has 27 heavy (non-hydrogen) atoms. The highest BCUT2D eigenvalue weighted by atomic mass is 32.1. The van der Waals surface area contributed by atoms with E-state index in [1.165, 1.54) is 10.4 Å². The standard InChI is InChI=1S/C20H31N5OS/c1-13-9-10-27-19(13)18(23(4)5)11-21-20(26)25(16-7-8-16)12-17-14(2)22-24(6)15(17)3/h9-10,16,18H,7-8,11-12H2,1-6H3,(H,21,26). The van der Waals surface area contributed by atoms with Crippen molar-refractivity contribution < 1.29 is 4.79 Å². The fraction of sp³-hybridized carbons (Fsp3) is 0.600. The Labute approximate surface area is 166 Å². The van der Waals surface area contributed by atoms with Gasteiger partial charge >= 0.3 is 6.03 Å². The van der Waals surface area contributed by atoms with Crippen molar-refractivity contribution in [3.05, 3.63) is 38.8 Å². The summed E-state index contributed by atoms with van der Waals surface area (Å²) in [6.07, 6.45) is 2.18. The van der Waals surface area contributed by atoms with Crippen molar-refractivity contribution in [2.45, 2.75) is 52.2 Å². The van der Waals surface area contributed by atoms with Crippen molar-refractivity contribution in [1.29, 1.82) is 0 Å². The Morgan fingerprint density at radius 1 is 1.37 bits per heavy atom. The normalized spacial score (nSPS) is 15.2. The third-order valence-electron chi connectivity index (χ3n) is 5.51. The van der Waals surface area contributed by atoms with Gasteiger partial charge in [0.25, 0.3) is 0 Å². The van der Waals surface area contributed by atoms with E-state index in [9.17, 15) is 4.79 Å². The number of urea groups is 1. The highest BCUT2D eigenvalue weighted by molar-refractivity contribution is 7.10. The summed E-state index contributed by atoms with van der Waals surface area (Å²) in [7, 11) is 6.09. The third-order valence-corrected chi connectivity index (χ3v) is 6.63. The molecule has 2 heterocycles. The monoisotopic (exact) mass is 389 g/mol. The fourth-order valence-electron chi connectivity index (χ4n) is 3.49. The number of thiophene rings is 1. The molecule has 0 bridgehead atoms. The zero-order valence-corrected chi connectivity index (χ0v) is 18.1. The molecule has 1 fully saturated rings. The van der Waals surface area contributed by atoms with Gasteiger partial charge in [-0.2, -0.15) is 5.10 Å². The lowest BCUT2D eigenvalue weighted by molar-refractivity contribution is 0.186. The molecule has 2 amide bonds. The van der Waals surface area contributed by atoms with E-state index >= 15 is 0 Å². The van der Waals surface area contributed by atoms with Crippen molar-refractivity contribution in [1.82, 2.24) is 24.9 Å². The molecular formula is C20H31N5OS. The molecule has 0 saturated heterocycles. The number of aromatic nitrogens is 2. The molecule has 7 heteroatoms. The maximum atomic E-state index is 13.0. The molecule has 1 unspecified atom stereocenters. The summed E-state index contributed by atoms with van der Waals surface area (Å²) in [5.74, 6) is 0. The number of amides is 2. The molecule has 3 rings (SSSR count). The number of carbonyl (C=O) groups excluding carboxylic acids is 1. The lowest BCUT2D eigenvalue weighted by Crippen LogP contribution is -2.44. The fourth-order valence-corrected chi connectivity index (χ4v) is 4.61. The summed E-state index contributed by atoms with van der Waals surface area (Å²) in [4.78, 5) is 18.5. The van der Waals surface area contributed by atoms with Crippen molar-refractivity contribution in [3.8, 4) is 0 Å². The summed E-state index contributed by atoms with van der Waals surface area (Å²) < 4.78 is 1.90. The SMILES string of the molecule is Cc1ccsc1C(CNC(=O)N(Cc1c(C)nn(C)c1C)C1CC1)N(C)C. The Bertz CT molecular complexity index is 805. The van der Waals surface area contributed by atoms with Gasteiger partial charge in [-0.15, -0.1) is 11.3 Å². The van der Waals surface area contributed by atoms with Crippen LogP contribution in [0.15, 0.2) is 11.4 Å². The van der Waals surface area contributed by atoms with Gasteiger partial charge in [0.2, 0.25) is 0 Å². The topological polar surface area (TPSA) is 53.4 Å². The van der Waals surface area contributed by atoms with E-state index in [1.807, 2.05) is 23.6 Å². The molecule has 0 spiro atoms. The van der Waals surface area contributed by atoms with Gasteiger partial charge in [-0.25, -0.2) is 4.79 Å². The van der Waals surface area contributed by atoms with Crippen LogP contribution in [0.1, 0.15) is 46.3 Å². The van der Waals surface area contributed by atoms with Crippen molar-refractivity contribution in [2.75, 3.05) is 20.6 Å². The molecule has 1 N–H and O–H groups in total. The molecule has 1 atom stereocenters. The van der Waals surface area contributed by atoms with Crippen molar-refractivity contribution >= 4 is 17.4 Å². The Kier molecular flexibility index (Phi) is 5.91. The van der Waals surface area contributed by atoms with Crippen LogP contribution in [0.4, 0.5) is 4.79 Å². The number of carbonyl (C=O) groups is 1. The number of nitrogens with zero attached hydrogens (tertiary/aromatic N) is 4. The van der Waals surface area contributed by atoms with Crippen LogP contribution in [-0.4, -0.2) is 52.3 Å². The minimum absolute atomic E-state index is 0.0289. The second-order valence-corrected chi connectivity index (χ2v) is 8.71. The first-order chi connectivity index (χ1) is 12.8. The molecule has 1 aliphatic rings. The third kappa shape index (κ3) is 4.35. The summed E-state index contributed by atoms with van der Waals surface area (Å²) >= 11 is 1.76. The van der Waals surface area contributed by atoms with Gasteiger partial charge in [-0.1, -0.05) is 0 Å².